The number of nitrogens with one attached hydrogen (secondary N) is 1. The maximum Gasteiger partial charge on any atom is 0.301 e. The van der Waals surface area contributed by atoms with Crippen LogP contribution in [0, 0.1) is 5.82 Å². The molecule has 8 heteroatoms. The van der Waals surface area contributed by atoms with Gasteiger partial charge in [0.15, 0.2) is 11.6 Å². The molecule has 0 aromatic heterocycles. The van der Waals surface area contributed by atoms with Crippen LogP contribution in [0.3, 0.4) is 0 Å². The Morgan fingerprint density at radius 1 is 1.48 bits per heavy atom. The Hall–Kier alpha value is -1.38. The number of ether oxygens (including phenoxy) is 1. The summed E-state index contributed by atoms with van der Waals surface area (Å²) in [6, 6.07) is 3.72. The standard InChI is InChI=1S/C13H20FN3O3S/c1-20-13-6-5-10(8-12(13)14)16-21(18,19)17-7-3-2-4-11(17)9-15/h5-6,8,11,16H,2-4,7,9,15H2,1H3. The monoisotopic (exact) mass is 317 g/mol. The van der Waals surface area contributed by atoms with Gasteiger partial charge in [-0.15, -0.1) is 0 Å². The van der Waals surface area contributed by atoms with Crippen LogP contribution in [0.1, 0.15) is 19.3 Å². The van der Waals surface area contributed by atoms with E-state index in [2.05, 4.69) is 4.72 Å². The molecular weight excluding hydrogens is 297 g/mol. The molecule has 118 valence electrons. The van der Waals surface area contributed by atoms with Gasteiger partial charge in [-0.05, 0) is 25.0 Å². The van der Waals surface area contributed by atoms with Crippen molar-refractivity contribution in [1.29, 1.82) is 0 Å². The van der Waals surface area contributed by atoms with Crippen molar-refractivity contribution in [3.8, 4) is 5.75 Å². The molecule has 1 aromatic rings. The van der Waals surface area contributed by atoms with Crippen LogP contribution in [0.25, 0.3) is 0 Å². The topological polar surface area (TPSA) is 84.7 Å². The highest BCUT2D eigenvalue weighted by molar-refractivity contribution is 7.90. The second-order valence-electron chi connectivity index (χ2n) is 4.95. The van der Waals surface area contributed by atoms with Crippen LogP contribution in [0.15, 0.2) is 18.2 Å². The first-order valence-electron chi connectivity index (χ1n) is 6.81. The Labute approximate surface area is 124 Å². The molecule has 1 aliphatic heterocycles. The minimum Gasteiger partial charge on any atom is -0.494 e. The van der Waals surface area contributed by atoms with Crippen molar-refractivity contribution in [3.05, 3.63) is 24.0 Å². The maximum atomic E-state index is 13.6. The predicted molar refractivity (Wildman–Crippen MR) is 78.9 cm³/mol. The first-order chi connectivity index (χ1) is 9.97. The van der Waals surface area contributed by atoms with E-state index in [0.717, 1.165) is 25.3 Å². The normalized spacial score (nSPS) is 20.2. The average molecular weight is 317 g/mol. The van der Waals surface area contributed by atoms with Gasteiger partial charge < -0.3 is 10.5 Å². The molecule has 0 spiro atoms. The molecule has 1 aliphatic rings. The van der Waals surface area contributed by atoms with Gasteiger partial charge in [0.25, 0.3) is 0 Å². The lowest BCUT2D eigenvalue weighted by Gasteiger charge is -2.33. The van der Waals surface area contributed by atoms with Crippen molar-refractivity contribution >= 4 is 15.9 Å². The highest BCUT2D eigenvalue weighted by Crippen LogP contribution is 2.24. The minimum atomic E-state index is -3.74. The fourth-order valence-electron chi connectivity index (χ4n) is 2.46. The molecule has 6 nitrogen and oxygen atoms in total. The second kappa shape index (κ2) is 6.59. The van der Waals surface area contributed by atoms with E-state index in [9.17, 15) is 12.8 Å². The Morgan fingerprint density at radius 3 is 2.86 bits per heavy atom. The predicted octanol–water partition coefficient (Wildman–Crippen LogP) is 1.30. The summed E-state index contributed by atoms with van der Waals surface area (Å²) >= 11 is 0. The van der Waals surface area contributed by atoms with Gasteiger partial charge in [0.05, 0.1) is 12.8 Å². The zero-order valence-electron chi connectivity index (χ0n) is 11.9. The van der Waals surface area contributed by atoms with Gasteiger partial charge in [-0.1, -0.05) is 6.42 Å². The van der Waals surface area contributed by atoms with Gasteiger partial charge in [0.2, 0.25) is 0 Å². The third-order valence-electron chi connectivity index (χ3n) is 3.55. The van der Waals surface area contributed by atoms with Crippen LogP contribution in [-0.4, -0.2) is 39.0 Å². The zero-order chi connectivity index (χ0) is 15.5. The SMILES string of the molecule is COc1ccc(NS(=O)(=O)N2CCCCC2CN)cc1F. The molecule has 1 atom stereocenters. The van der Waals surface area contributed by atoms with Crippen LogP contribution in [-0.2, 0) is 10.2 Å². The summed E-state index contributed by atoms with van der Waals surface area (Å²) < 4.78 is 47.0. The molecule has 1 aromatic carbocycles. The van der Waals surface area contributed by atoms with E-state index < -0.39 is 16.0 Å². The fourth-order valence-corrected chi connectivity index (χ4v) is 3.96. The van der Waals surface area contributed by atoms with Gasteiger partial charge in [-0.3, -0.25) is 4.72 Å². The summed E-state index contributed by atoms with van der Waals surface area (Å²) in [5.41, 5.74) is 5.80. The second-order valence-corrected chi connectivity index (χ2v) is 6.58. The summed E-state index contributed by atoms with van der Waals surface area (Å²) in [4.78, 5) is 0. The first kappa shape index (κ1) is 16.0. The summed E-state index contributed by atoms with van der Waals surface area (Å²) in [5, 5.41) is 0. The van der Waals surface area contributed by atoms with E-state index in [-0.39, 0.29) is 24.0 Å². The molecule has 0 aliphatic carbocycles. The number of nitrogens with two attached hydrogens (primary N) is 1. The van der Waals surface area contributed by atoms with Gasteiger partial charge in [-0.25, -0.2) is 4.39 Å². The van der Waals surface area contributed by atoms with E-state index in [1.807, 2.05) is 0 Å². The highest BCUT2D eigenvalue weighted by Gasteiger charge is 2.31. The number of nitrogens with zero attached hydrogens (tertiary/aromatic N) is 1. The lowest BCUT2D eigenvalue weighted by Crippen LogP contribution is -2.49. The quantitative estimate of drug-likeness (QED) is 0.857. The lowest BCUT2D eigenvalue weighted by atomic mass is 10.1. The number of methoxy groups -OCH3 is 1. The number of halogens is 1. The Kier molecular flexibility index (Phi) is 5.02. The molecule has 0 amide bonds. The van der Waals surface area contributed by atoms with Crippen LogP contribution >= 0.6 is 0 Å². The van der Waals surface area contributed by atoms with E-state index >= 15 is 0 Å². The molecule has 1 heterocycles. The Bertz CT molecular complexity index is 594. The smallest absolute Gasteiger partial charge is 0.301 e. The molecule has 2 rings (SSSR count). The summed E-state index contributed by atoms with van der Waals surface area (Å²) in [7, 11) is -2.39. The maximum absolute atomic E-state index is 13.6. The molecule has 0 bridgehead atoms. The third-order valence-corrected chi connectivity index (χ3v) is 5.14. The van der Waals surface area contributed by atoms with Crippen LogP contribution in [0.5, 0.6) is 5.75 Å². The first-order valence-corrected chi connectivity index (χ1v) is 8.25. The van der Waals surface area contributed by atoms with E-state index in [1.54, 1.807) is 0 Å². The summed E-state index contributed by atoms with van der Waals surface area (Å²) in [6.07, 6.45) is 2.51. The van der Waals surface area contributed by atoms with Crippen molar-refractivity contribution in [2.75, 3.05) is 24.9 Å². The van der Waals surface area contributed by atoms with Gasteiger partial charge >= 0.3 is 10.2 Å². The number of hydrogen-bond acceptors (Lipinski definition) is 4. The Balaban J connectivity index is 2.18. The van der Waals surface area contributed by atoms with E-state index in [4.69, 9.17) is 10.5 Å². The third kappa shape index (κ3) is 3.63. The van der Waals surface area contributed by atoms with Crippen molar-refractivity contribution in [3.63, 3.8) is 0 Å². The fraction of sp³-hybridized carbons (Fsp3) is 0.538. The number of rotatable bonds is 5. The molecule has 21 heavy (non-hydrogen) atoms. The molecule has 3 N–H and O–H groups in total. The average Bonchev–Trinajstić information content (AvgIpc) is 2.47. The van der Waals surface area contributed by atoms with Crippen molar-refractivity contribution < 1.29 is 17.5 Å². The van der Waals surface area contributed by atoms with Gasteiger partial charge in [-0.2, -0.15) is 12.7 Å². The molecule has 0 saturated carbocycles. The summed E-state index contributed by atoms with van der Waals surface area (Å²) in [6.45, 7) is 0.702. The van der Waals surface area contributed by atoms with E-state index in [0.29, 0.717) is 6.54 Å². The molecule has 1 saturated heterocycles. The van der Waals surface area contributed by atoms with Crippen LogP contribution in [0.2, 0.25) is 0 Å². The number of piperidine rings is 1. The molecule has 1 unspecified atom stereocenters. The minimum absolute atomic E-state index is 0.0655. The zero-order valence-corrected chi connectivity index (χ0v) is 12.7. The summed E-state index contributed by atoms with van der Waals surface area (Å²) in [5.74, 6) is -0.553. The largest absolute Gasteiger partial charge is 0.494 e. The van der Waals surface area contributed by atoms with Crippen molar-refractivity contribution in [2.45, 2.75) is 25.3 Å². The van der Waals surface area contributed by atoms with Gasteiger partial charge in [0.1, 0.15) is 0 Å². The van der Waals surface area contributed by atoms with Crippen LogP contribution in [0.4, 0.5) is 10.1 Å². The van der Waals surface area contributed by atoms with Gasteiger partial charge in [0, 0.05) is 25.2 Å². The van der Waals surface area contributed by atoms with Crippen LogP contribution < -0.4 is 15.2 Å². The molecular formula is C13H20FN3O3S. The number of benzene rings is 1. The number of anilines is 1. The van der Waals surface area contributed by atoms with Crippen molar-refractivity contribution in [1.82, 2.24) is 4.31 Å². The van der Waals surface area contributed by atoms with E-state index in [1.165, 1.54) is 23.5 Å². The van der Waals surface area contributed by atoms with Crippen molar-refractivity contribution in [2.24, 2.45) is 5.73 Å². The number of hydrogen-bond donors (Lipinski definition) is 2. The molecule has 0 radical (unpaired) electrons. The lowest BCUT2D eigenvalue weighted by molar-refractivity contribution is 0.259. The molecule has 1 fully saturated rings. The Morgan fingerprint density at radius 2 is 2.24 bits per heavy atom. The highest BCUT2D eigenvalue weighted by atomic mass is 32.2.